The number of aliphatic hydroxyl groups is 2. The Labute approximate surface area is 265 Å². The molecule has 6 saturated heterocycles. The number of hydrogen-bond acceptors (Lipinski definition) is 10. The molecule has 2 aromatic rings. The lowest BCUT2D eigenvalue weighted by Gasteiger charge is -2.58. The number of aryl methyl sites for hydroxylation is 2. The summed E-state index contributed by atoms with van der Waals surface area (Å²) < 4.78 is 0. The lowest BCUT2D eigenvalue weighted by atomic mass is 9.95. The van der Waals surface area contributed by atoms with Gasteiger partial charge in [0.1, 0.15) is 0 Å². The van der Waals surface area contributed by atoms with E-state index >= 15 is 0 Å². The minimum Gasteiger partial charge on any atom is -0.392 e. The first-order valence-electron chi connectivity index (χ1n) is 13.8. The zero-order valence-electron chi connectivity index (χ0n) is 23.9. The van der Waals surface area contributed by atoms with E-state index in [0.29, 0.717) is 12.8 Å². The van der Waals surface area contributed by atoms with Crippen molar-refractivity contribution in [3.05, 3.63) is 70.8 Å². The Balaban J connectivity index is 1.07. The number of piperazine rings is 2. The van der Waals surface area contributed by atoms with Gasteiger partial charge in [-0.2, -0.15) is 0 Å². The van der Waals surface area contributed by atoms with Crippen molar-refractivity contribution in [2.75, 3.05) is 34.4 Å². The van der Waals surface area contributed by atoms with Crippen molar-refractivity contribution in [1.29, 1.82) is 0 Å². The van der Waals surface area contributed by atoms with Crippen LogP contribution in [0.2, 0.25) is 0 Å². The highest BCUT2D eigenvalue weighted by atomic mass is 33.1. The van der Waals surface area contributed by atoms with Crippen molar-refractivity contribution in [3.8, 4) is 0 Å². The molecule has 14 heteroatoms. The zero-order valence-corrected chi connectivity index (χ0v) is 27.1. The monoisotopic (exact) mass is 660 g/mol. The summed E-state index contributed by atoms with van der Waals surface area (Å²) in [5, 5.41) is 22.6. The van der Waals surface area contributed by atoms with Gasteiger partial charge in [0, 0.05) is 34.0 Å². The molecule has 10 nitrogen and oxygen atoms in total. The Morgan fingerprint density at radius 1 is 0.581 bits per heavy atom. The quantitative estimate of drug-likeness (QED) is 0.342. The van der Waals surface area contributed by atoms with Crippen molar-refractivity contribution in [2.24, 2.45) is 0 Å². The minimum atomic E-state index is -1.27. The maximum absolute atomic E-state index is 13.3. The van der Waals surface area contributed by atoms with Gasteiger partial charge in [0.2, 0.25) is 9.74 Å². The summed E-state index contributed by atoms with van der Waals surface area (Å²) in [7, 11) is 9.93. The third-order valence-electron chi connectivity index (χ3n) is 8.94. The van der Waals surface area contributed by atoms with E-state index in [0.717, 1.165) is 35.1 Å². The van der Waals surface area contributed by atoms with E-state index in [1.54, 1.807) is 21.1 Å². The largest absolute Gasteiger partial charge is 0.392 e. The molecule has 228 valence electrons. The van der Waals surface area contributed by atoms with Gasteiger partial charge < -0.3 is 30.2 Å². The van der Waals surface area contributed by atoms with Crippen molar-refractivity contribution in [3.63, 3.8) is 0 Å². The van der Waals surface area contributed by atoms with Gasteiger partial charge in [0.25, 0.3) is 23.6 Å². The second-order valence-electron chi connectivity index (χ2n) is 11.4. The molecule has 6 aliphatic heterocycles. The number of likely N-dealkylation sites (N-methyl/N-ethyl adjacent to an activating group) is 3. The summed E-state index contributed by atoms with van der Waals surface area (Å²) in [5.74, 6) is -0.998. The number of carbonyl (C=O) groups is 4. The molecule has 0 spiro atoms. The molecule has 8 rings (SSSR count). The Morgan fingerprint density at radius 2 is 1.00 bits per heavy atom. The van der Waals surface area contributed by atoms with E-state index in [-0.39, 0.29) is 23.6 Å². The Bertz CT molecular complexity index is 1490. The fraction of sp³-hybridized carbons (Fsp3) is 0.448. The Morgan fingerprint density at radius 3 is 1.53 bits per heavy atom. The summed E-state index contributed by atoms with van der Waals surface area (Å²) >= 11 is 0. The normalized spacial score (nSPS) is 31.7. The molecule has 4 amide bonds. The molecule has 4 bridgehead atoms. The Kier molecular flexibility index (Phi) is 7.78. The number of fused-ring (bicyclic) bond motifs is 6. The highest BCUT2D eigenvalue weighted by Gasteiger charge is 2.67. The standard InChI is InChI=1S/C29H32N4O6S4/c1-31-23(37)26(30-22(36)28(31,16-34)42-40-26)14-20-10-6-18(7-11-20)4-5-19-8-12-21(13-9-19)15-27-24(38)33(3)29(17-35,43-41-27)25(39)32(27)2/h6-13,34-35H,4-5,14-17H2,1-3H3,(H,30,36)/t26-,27-,28-,29-/m0/s1. The summed E-state index contributed by atoms with van der Waals surface area (Å²) in [6.45, 7) is -0.864. The van der Waals surface area contributed by atoms with Gasteiger partial charge in [-0.05, 0) is 56.7 Å². The molecule has 6 fully saturated rings. The fourth-order valence-corrected chi connectivity index (χ4v) is 12.9. The molecule has 0 aromatic heterocycles. The van der Waals surface area contributed by atoms with E-state index in [4.69, 9.17) is 0 Å². The lowest BCUT2D eigenvalue weighted by Crippen LogP contribution is -2.77. The molecule has 3 N–H and O–H groups in total. The number of benzene rings is 2. The average Bonchev–Trinajstić information content (AvgIpc) is 3.02. The number of nitrogens with zero attached hydrogens (tertiary/aromatic N) is 3. The maximum atomic E-state index is 13.3. The second kappa shape index (κ2) is 10.9. The minimum absolute atomic E-state index is 0.180. The number of amides is 4. The highest BCUT2D eigenvalue weighted by molar-refractivity contribution is 8.78. The molecule has 0 unspecified atom stereocenters. The summed E-state index contributed by atoms with van der Waals surface area (Å²) in [5.41, 5.74) is 4.17. The number of aliphatic hydroxyl groups excluding tert-OH is 2. The number of hydrogen-bond donors (Lipinski definition) is 3. The average molecular weight is 661 g/mol. The molecular formula is C29H32N4O6S4. The first-order valence-corrected chi connectivity index (χ1v) is 18.1. The molecule has 0 aliphatic carbocycles. The smallest absolute Gasteiger partial charge is 0.263 e. The topological polar surface area (TPSA) is 130 Å². The number of rotatable bonds is 9. The molecule has 4 atom stereocenters. The molecule has 43 heavy (non-hydrogen) atoms. The summed E-state index contributed by atoms with van der Waals surface area (Å²) in [4.78, 5) is 51.8. The molecule has 0 saturated carbocycles. The second-order valence-corrected chi connectivity index (χ2v) is 16.8. The fourth-order valence-electron chi connectivity index (χ4n) is 5.95. The molecule has 6 aliphatic rings. The predicted octanol–water partition coefficient (Wildman–Crippen LogP) is 1.64. The maximum Gasteiger partial charge on any atom is 0.263 e. The van der Waals surface area contributed by atoms with Crippen LogP contribution in [0.25, 0.3) is 0 Å². The molecule has 2 aromatic carbocycles. The van der Waals surface area contributed by atoms with Crippen LogP contribution < -0.4 is 5.32 Å². The van der Waals surface area contributed by atoms with Crippen LogP contribution in [-0.2, 0) is 44.9 Å². The van der Waals surface area contributed by atoms with Crippen molar-refractivity contribution in [2.45, 2.75) is 45.2 Å². The predicted molar refractivity (Wildman–Crippen MR) is 170 cm³/mol. The van der Waals surface area contributed by atoms with Gasteiger partial charge in [0.15, 0.2) is 9.74 Å². The van der Waals surface area contributed by atoms with Crippen molar-refractivity contribution < 1.29 is 29.4 Å². The first-order chi connectivity index (χ1) is 20.5. The van der Waals surface area contributed by atoms with Crippen LogP contribution in [0.1, 0.15) is 22.3 Å². The Hall–Kier alpha value is -2.36. The number of carbonyl (C=O) groups excluding carboxylic acids is 4. The van der Waals surface area contributed by atoms with E-state index in [1.807, 2.05) is 36.4 Å². The van der Waals surface area contributed by atoms with E-state index in [2.05, 4.69) is 17.4 Å². The van der Waals surface area contributed by atoms with Crippen LogP contribution in [0.5, 0.6) is 0 Å². The lowest BCUT2D eigenvalue weighted by molar-refractivity contribution is -0.165. The molecule has 6 heterocycles. The first kappa shape index (κ1) is 30.7. The van der Waals surface area contributed by atoms with Gasteiger partial charge in [-0.15, -0.1) is 0 Å². The summed E-state index contributed by atoms with van der Waals surface area (Å²) in [6, 6.07) is 16.2. The van der Waals surface area contributed by atoms with Gasteiger partial charge in [-0.25, -0.2) is 0 Å². The van der Waals surface area contributed by atoms with Crippen molar-refractivity contribution in [1.82, 2.24) is 20.0 Å². The van der Waals surface area contributed by atoms with Gasteiger partial charge in [-0.1, -0.05) is 70.1 Å². The third kappa shape index (κ3) is 4.51. The van der Waals surface area contributed by atoms with Crippen LogP contribution in [-0.4, -0.2) is 102 Å². The zero-order chi connectivity index (χ0) is 30.8. The summed E-state index contributed by atoms with van der Waals surface area (Å²) in [6.07, 6.45) is 2.35. The number of nitrogens with one attached hydrogen (secondary N) is 1. The van der Waals surface area contributed by atoms with Crippen LogP contribution >= 0.6 is 43.2 Å². The highest BCUT2D eigenvalue weighted by Crippen LogP contribution is 2.59. The van der Waals surface area contributed by atoms with E-state index in [1.165, 1.54) is 57.9 Å². The van der Waals surface area contributed by atoms with Crippen LogP contribution in [0.4, 0.5) is 0 Å². The van der Waals surface area contributed by atoms with Gasteiger partial charge >= 0.3 is 0 Å². The third-order valence-corrected chi connectivity index (χ3v) is 16.2. The SMILES string of the molecule is CN1C(=O)[C@@]2(Cc3ccc(CCc4ccc(C[C@@]56SS[C@@](CO)(C(=O)N5C)N(C)C6=O)cc4)cc3)NC(=O)[C@]1(CO)SS2. The van der Waals surface area contributed by atoms with Crippen LogP contribution in [0.3, 0.4) is 0 Å². The van der Waals surface area contributed by atoms with Crippen molar-refractivity contribution >= 4 is 66.8 Å². The molecular weight excluding hydrogens is 629 g/mol. The van der Waals surface area contributed by atoms with E-state index < -0.39 is 32.7 Å². The molecule has 0 radical (unpaired) electrons. The van der Waals surface area contributed by atoms with Crippen LogP contribution in [0.15, 0.2) is 48.5 Å². The van der Waals surface area contributed by atoms with Crippen LogP contribution in [0, 0.1) is 0 Å². The van der Waals surface area contributed by atoms with Gasteiger partial charge in [0.05, 0.1) is 13.2 Å². The van der Waals surface area contributed by atoms with E-state index in [9.17, 15) is 29.4 Å². The van der Waals surface area contributed by atoms with Gasteiger partial charge in [-0.3, -0.25) is 19.2 Å².